The van der Waals surface area contributed by atoms with Crippen LogP contribution in [0.5, 0.6) is 0 Å². The Balaban J connectivity index is 0.00000264. The first-order valence-corrected chi connectivity index (χ1v) is 10.5. The van der Waals surface area contributed by atoms with Crippen LogP contribution in [0.2, 0.25) is 0 Å². The maximum Gasteiger partial charge on any atom is 0.264 e. The van der Waals surface area contributed by atoms with E-state index in [4.69, 9.17) is 6.57 Å². The van der Waals surface area contributed by atoms with E-state index in [1.807, 2.05) is 26.0 Å². The zero-order valence-electron chi connectivity index (χ0n) is 14.6. The summed E-state index contributed by atoms with van der Waals surface area (Å²) in [6, 6.07) is 3.70. The predicted molar refractivity (Wildman–Crippen MR) is 96.7 cm³/mol. The van der Waals surface area contributed by atoms with E-state index in [1.165, 1.54) is 31.3 Å². The van der Waals surface area contributed by atoms with Crippen LogP contribution in [0, 0.1) is 20.4 Å². The average molecular weight is 406 g/mol. The predicted octanol–water partition coefficient (Wildman–Crippen LogP) is 5.01. The first-order chi connectivity index (χ1) is 10.4. The number of hydrogen-bond donors (Lipinski definition) is 1. The molecule has 0 bridgehead atoms. The number of aryl methyl sites for hydroxylation is 2. The first kappa shape index (κ1) is 20.8. The van der Waals surface area contributed by atoms with Crippen molar-refractivity contribution in [3.63, 3.8) is 0 Å². The van der Waals surface area contributed by atoms with Crippen molar-refractivity contribution in [1.29, 1.82) is 0 Å². The maximum absolute atomic E-state index is 12.8. The summed E-state index contributed by atoms with van der Waals surface area (Å²) in [7, 11) is -1.12. The van der Waals surface area contributed by atoms with Gasteiger partial charge in [-0.25, -0.2) is 4.85 Å². The fraction of sp³-hybridized carbons (Fsp3) is 0.556. The fourth-order valence-electron chi connectivity index (χ4n) is 3.62. The zero-order valence-corrected chi connectivity index (χ0v) is 18.4. The molecule has 1 aliphatic heterocycles. The van der Waals surface area contributed by atoms with Crippen molar-refractivity contribution in [1.82, 2.24) is 0 Å². The molecule has 1 amide bonds. The molecule has 1 unspecified atom stereocenters. The molecule has 1 atom stereocenters. The van der Waals surface area contributed by atoms with E-state index < -0.39 is 7.26 Å². The molecule has 5 heteroatoms. The molecule has 23 heavy (non-hydrogen) atoms. The number of carbonyl (C=O) groups is 1. The Morgan fingerprint density at radius 1 is 1.30 bits per heavy atom. The van der Waals surface area contributed by atoms with Gasteiger partial charge in [-0.2, -0.15) is 0 Å². The summed E-state index contributed by atoms with van der Waals surface area (Å²) in [5.41, 5.74) is 3.61. The van der Waals surface area contributed by atoms with Gasteiger partial charge in [0, 0.05) is 45.7 Å². The standard InChI is InChI=1S/C18H25N2OP.Y/c1-6-22(9-7-8-10-22)15(4)18(21)20-17-13(2)11-16(19-5)12-14(17)3;/h11-12,15H,6-10H2,1-4H3;/p+1. The van der Waals surface area contributed by atoms with E-state index in [9.17, 15) is 4.79 Å². The topological polar surface area (TPSA) is 33.5 Å². The number of nitrogens with zero attached hydrogens (tertiary/aromatic N) is 1. The monoisotopic (exact) mass is 406 g/mol. The summed E-state index contributed by atoms with van der Waals surface area (Å²) in [4.78, 5) is 16.3. The van der Waals surface area contributed by atoms with Gasteiger partial charge in [0.05, 0.1) is 25.1 Å². The van der Waals surface area contributed by atoms with Gasteiger partial charge < -0.3 is 5.32 Å². The summed E-state index contributed by atoms with van der Waals surface area (Å²) in [6.45, 7) is 15.4. The van der Waals surface area contributed by atoms with Crippen LogP contribution in [-0.2, 0) is 37.5 Å². The second-order valence-corrected chi connectivity index (χ2v) is 11.2. The number of anilines is 1. The largest absolute Gasteiger partial charge is 0.322 e. The van der Waals surface area contributed by atoms with Crippen molar-refractivity contribution in [3.05, 3.63) is 34.7 Å². The van der Waals surface area contributed by atoms with Gasteiger partial charge in [0.1, 0.15) is 5.66 Å². The molecular weight excluding hydrogens is 380 g/mol. The van der Waals surface area contributed by atoms with Crippen LogP contribution in [0.15, 0.2) is 12.1 Å². The Morgan fingerprint density at radius 2 is 1.83 bits per heavy atom. The van der Waals surface area contributed by atoms with Crippen LogP contribution in [0.1, 0.15) is 37.8 Å². The minimum absolute atomic E-state index is 0. The summed E-state index contributed by atoms with van der Waals surface area (Å²) in [6.07, 6.45) is 6.30. The Kier molecular flexibility index (Phi) is 7.86. The molecule has 0 aromatic heterocycles. The summed E-state index contributed by atoms with van der Waals surface area (Å²) in [5.74, 6) is 0.166. The molecule has 1 fully saturated rings. The normalized spacial score (nSPS) is 17.0. The van der Waals surface area contributed by atoms with E-state index in [0.29, 0.717) is 5.69 Å². The maximum atomic E-state index is 12.8. The molecule has 1 aromatic rings. The van der Waals surface area contributed by atoms with Crippen LogP contribution >= 0.6 is 7.26 Å². The summed E-state index contributed by atoms with van der Waals surface area (Å²) >= 11 is 0. The van der Waals surface area contributed by atoms with Crippen LogP contribution < -0.4 is 5.32 Å². The van der Waals surface area contributed by atoms with Gasteiger partial charge in [0.15, 0.2) is 5.69 Å². The van der Waals surface area contributed by atoms with Crippen molar-refractivity contribution in [2.75, 3.05) is 23.8 Å². The number of hydrogen-bond acceptors (Lipinski definition) is 1. The van der Waals surface area contributed by atoms with Crippen LogP contribution in [0.3, 0.4) is 0 Å². The SMILES string of the molecule is [C-]#[N+]c1cc(C)c(NC(=O)C(C)[P+]2(CC)CCCC2)c(C)c1.[Y]. The zero-order chi connectivity index (χ0) is 16.3. The molecule has 1 N–H and O–H groups in total. The fourth-order valence-corrected chi connectivity index (χ4v) is 8.07. The number of carbonyl (C=O) groups excluding carboxylic acids is 1. The van der Waals surface area contributed by atoms with E-state index in [2.05, 4.69) is 24.0 Å². The third-order valence-electron chi connectivity index (χ3n) is 5.18. The molecule has 1 aromatic carbocycles. The Bertz CT molecular complexity index is 595. The molecule has 1 saturated heterocycles. The first-order valence-electron chi connectivity index (χ1n) is 8.09. The van der Waals surface area contributed by atoms with Crippen molar-refractivity contribution >= 4 is 24.5 Å². The van der Waals surface area contributed by atoms with Crippen molar-refractivity contribution in [3.8, 4) is 0 Å². The second-order valence-electron chi connectivity index (χ2n) is 6.42. The van der Waals surface area contributed by atoms with E-state index in [0.717, 1.165) is 16.8 Å². The quantitative estimate of drug-likeness (QED) is 0.554. The van der Waals surface area contributed by atoms with Crippen LogP contribution in [0.4, 0.5) is 11.4 Å². The molecule has 1 heterocycles. The average Bonchev–Trinajstić information content (AvgIpc) is 2.99. The number of benzene rings is 1. The Hall–Kier alpha value is -0.286. The van der Waals surface area contributed by atoms with Crippen LogP contribution in [-0.4, -0.2) is 30.1 Å². The summed E-state index contributed by atoms with van der Waals surface area (Å²) < 4.78 is 0. The van der Waals surface area contributed by atoms with Crippen molar-refractivity contribution in [2.24, 2.45) is 0 Å². The van der Waals surface area contributed by atoms with Gasteiger partial charge in [0.2, 0.25) is 0 Å². The Labute approximate surface area is 166 Å². The van der Waals surface area contributed by atoms with Gasteiger partial charge in [-0.15, -0.1) is 0 Å². The van der Waals surface area contributed by atoms with Crippen molar-refractivity contribution < 1.29 is 37.5 Å². The van der Waals surface area contributed by atoms with Gasteiger partial charge in [-0.05, 0) is 51.7 Å². The molecule has 0 spiro atoms. The van der Waals surface area contributed by atoms with Gasteiger partial charge in [0.25, 0.3) is 5.91 Å². The third kappa shape index (κ3) is 4.42. The molecule has 121 valence electrons. The number of nitrogens with one attached hydrogen (secondary N) is 1. The molecule has 2 rings (SSSR count). The smallest absolute Gasteiger partial charge is 0.264 e. The van der Waals surface area contributed by atoms with E-state index >= 15 is 0 Å². The van der Waals surface area contributed by atoms with Crippen LogP contribution in [0.25, 0.3) is 4.85 Å². The second kappa shape index (κ2) is 8.71. The van der Waals surface area contributed by atoms with Gasteiger partial charge in [-0.1, -0.05) is 12.1 Å². The van der Waals surface area contributed by atoms with E-state index in [-0.39, 0.29) is 44.3 Å². The molecule has 1 radical (unpaired) electrons. The van der Waals surface area contributed by atoms with E-state index in [1.54, 1.807) is 0 Å². The minimum Gasteiger partial charge on any atom is -0.322 e. The van der Waals surface area contributed by atoms with Gasteiger partial charge >= 0.3 is 0 Å². The minimum atomic E-state index is -1.12. The number of amides is 1. The van der Waals surface area contributed by atoms with Crippen molar-refractivity contribution in [2.45, 2.75) is 46.2 Å². The summed E-state index contributed by atoms with van der Waals surface area (Å²) in [5, 5.41) is 3.15. The Morgan fingerprint density at radius 3 is 2.26 bits per heavy atom. The van der Waals surface area contributed by atoms with Gasteiger partial charge in [-0.3, -0.25) is 4.79 Å². The molecule has 0 saturated carbocycles. The molecule has 3 nitrogen and oxygen atoms in total. The third-order valence-corrected chi connectivity index (χ3v) is 10.7. The number of rotatable bonds is 4. The molecule has 0 aliphatic carbocycles. The molecular formula is C18H26N2OPY+. The molecule has 1 aliphatic rings.